The lowest BCUT2D eigenvalue weighted by Crippen LogP contribution is -2.14. The molecule has 0 amide bonds. The number of carbonyl (C=O) groups excluding carboxylic acids is 1. The van der Waals surface area contributed by atoms with Crippen molar-refractivity contribution >= 4 is 5.97 Å². The van der Waals surface area contributed by atoms with Crippen molar-refractivity contribution in [1.82, 2.24) is 0 Å². The number of ether oxygens (including phenoxy) is 7. The minimum absolute atomic E-state index is 0.0159. The minimum atomic E-state index is -0.385. The van der Waals surface area contributed by atoms with Gasteiger partial charge in [-0.15, -0.1) is 0 Å². The van der Waals surface area contributed by atoms with Gasteiger partial charge in [-0.05, 0) is 101 Å². The molecule has 48 heavy (non-hydrogen) atoms. The molecule has 2 aliphatic heterocycles. The Kier molecular flexibility index (Phi) is 16.5. The second kappa shape index (κ2) is 20.8. The first kappa shape index (κ1) is 38.2. The van der Waals surface area contributed by atoms with Crippen LogP contribution in [0.2, 0.25) is 0 Å². The number of hydrogen-bond acceptors (Lipinski definition) is 8. The summed E-state index contributed by atoms with van der Waals surface area (Å²) in [6, 6.07) is 12.7. The molecule has 0 radical (unpaired) electrons. The molecule has 4 rings (SSSR count). The second-order valence-corrected chi connectivity index (χ2v) is 14.1. The first-order valence-electron chi connectivity index (χ1n) is 18.5. The van der Waals surface area contributed by atoms with E-state index in [0.29, 0.717) is 31.1 Å². The third kappa shape index (κ3) is 15.7. The Labute approximate surface area is 289 Å². The molecular weight excluding hydrogens is 608 g/mol. The number of aryl methyl sites for hydroxylation is 1. The van der Waals surface area contributed by atoms with Crippen LogP contribution in [0, 0.1) is 6.92 Å². The number of epoxide rings is 2. The summed E-state index contributed by atoms with van der Waals surface area (Å²) in [4.78, 5) is 12.8. The summed E-state index contributed by atoms with van der Waals surface area (Å²) in [6.07, 6.45) is 16.7. The summed E-state index contributed by atoms with van der Waals surface area (Å²) in [6.45, 7) is 12.2. The van der Waals surface area contributed by atoms with Gasteiger partial charge in [-0.25, -0.2) is 4.79 Å². The SMILES string of the molecule is Cc1cc(C(=O)Oc2ccc(OCCCCCCOCC3(C)CO3)cc2)ccc1OCCCCCCCCCCCCOCC1(C)CO1. The maximum atomic E-state index is 12.8. The molecule has 2 aromatic carbocycles. The van der Waals surface area contributed by atoms with Gasteiger partial charge in [-0.3, -0.25) is 0 Å². The number of benzene rings is 2. The molecule has 0 saturated carbocycles. The Morgan fingerprint density at radius 1 is 0.604 bits per heavy atom. The Bertz CT molecular complexity index is 1190. The van der Waals surface area contributed by atoms with Crippen LogP contribution in [0.15, 0.2) is 42.5 Å². The third-order valence-electron chi connectivity index (χ3n) is 8.93. The highest BCUT2D eigenvalue weighted by molar-refractivity contribution is 5.91. The predicted molar refractivity (Wildman–Crippen MR) is 189 cm³/mol. The minimum Gasteiger partial charge on any atom is -0.494 e. The van der Waals surface area contributed by atoms with Gasteiger partial charge < -0.3 is 33.2 Å². The fraction of sp³-hybridized carbons (Fsp3) is 0.675. The summed E-state index contributed by atoms with van der Waals surface area (Å²) in [5, 5.41) is 0. The van der Waals surface area contributed by atoms with E-state index >= 15 is 0 Å². The summed E-state index contributed by atoms with van der Waals surface area (Å²) in [7, 11) is 0. The standard InChI is InChI=1S/C40H60O8/c1-33-28-34(18-23-37(33)45-27-17-11-9-7-5-4-6-8-10-14-24-42-29-39(2)31-46-39)38(41)48-36-21-19-35(20-22-36)44-26-16-13-12-15-25-43-30-40(3)32-47-40/h18-23,28H,4-17,24-27,29-32H2,1-3H3. The van der Waals surface area contributed by atoms with E-state index in [9.17, 15) is 4.79 Å². The lowest BCUT2D eigenvalue weighted by atomic mass is 10.1. The maximum absolute atomic E-state index is 12.8. The highest BCUT2D eigenvalue weighted by Crippen LogP contribution is 2.27. The van der Waals surface area contributed by atoms with Crippen molar-refractivity contribution in [3.05, 3.63) is 53.6 Å². The molecule has 2 heterocycles. The van der Waals surface area contributed by atoms with Crippen LogP contribution in [0.25, 0.3) is 0 Å². The van der Waals surface area contributed by atoms with Crippen LogP contribution in [0.5, 0.6) is 17.2 Å². The van der Waals surface area contributed by atoms with Gasteiger partial charge in [0, 0.05) is 13.2 Å². The number of unbranched alkanes of at least 4 members (excludes halogenated alkanes) is 12. The van der Waals surface area contributed by atoms with Crippen molar-refractivity contribution in [2.75, 3.05) is 52.9 Å². The molecule has 0 spiro atoms. The summed E-state index contributed by atoms with van der Waals surface area (Å²) in [5.74, 6) is 1.70. The lowest BCUT2D eigenvalue weighted by molar-refractivity contribution is 0.0734. The van der Waals surface area contributed by atoms with Gasteiger partial charge in [0.1, 0.15) is 28.5 Å². The van der Waals surface area contributed by atoms with Crippen LogP contribution in [0.1, 0.15) is 120 Å². The Hall–Kier alpha value is -2.65. The van der Waals surface area contributed by atoms with E-state index in [-0.39, 0.29) is 17.2 Å². The zero-order valence-corrected chi connectivity index (χ0v) is 29.9. The number of hydrogen-bond donors (Lipinski definition) is 0. The smallest absolute Gasteiger partial charge is 0.343 e. The topological polar surface area (TPSA) is 88.3 Å². The Morgan fingerprint density at radius 2 is 1.04 bits per heavy atom. The average Bonchev–Trinajstić information content (AvgIpc) is 4.01. The zero-order chi connectivity index (χ0) is 33.9. The largest absolute Gasteiger partial charge is 0.494 e. The van der Waals surface area contributed by atoms with Crippen LogP contribution in [0.3, 0.4) is 0 Å². The van der Waals surface area contributed by atoms with Gasteiger partial charge in [0.25, 0.3) is 0 Å². The van der Waals surface area contributed by atoms with Crippen LogP contribution in [-0.2, 0) is 18.9 Å². The Morgan fingerprint density at radius 3 is 1.52 bits per heavy atom. The highest BCUT2D eigenvalue weighted by atomic mass is 16.6. The van der Waals surface area contributed by atoms with Crippen molar-refractivity contribution in [1.29, 1.82) is 0 Å². The molecule has 8 heteroatoms. The van der Waals surface area contributed by atoms with Gasteiger partial charge in [0.05, 0.1) is 45.2 Å². The molecule has 268 valence electrons. The van der Waals surface area contributed by atoms with Crippen molar-refractivity contribution in [3.8, 4) is 17.2 Å². The number of rotatable bonds is 28. The van der Waals surface area contributed by atoms with E-state index in [2.05, 4.69) is 13.8 Å². The van der Waals surface area contributed by atoms with Gasteiger partial charge in [0.2, 0.25) is 0 Å². The molecule has 0 bridgehead atoms. The fourth-order valence-electron chi connectivity index (χ4n) is 5.45. The molecule has 0 aliphatic carbocycles. The van der Waals surface area contributed by atoms with Crippen LogP contribution in [-0.4, -0.2) is 70.0 Å². The molecule has 2 fully saturated rings. The van der Waals surface area contributed by atoms with Gasteiger partial charge in [0.15, 0.2) is 0 Å². The van der Waals surface area contributed by atoms with Crippen molar-refractivity contribution in [3.63, 3.8) is 0 Å². The fourth-order valence-corrected chi connectivity index (χ4v) is 5.45. The van der Waals surface area contributed by atoms with E-state index in [0.717, 1.165) is 88.6 Å². The van der Waals surface area contributed by atoms with E-state index in [4.69, 9.17) is 33.2 Å². The van der Waals surface area contributed by atoms with Gasteiger partial charge >= 0.3 is 5.97 Å². The van der Waals surface area contributed by atoms with Crippen LogP contribution in [0.4, 0.5) is 0 Å². The molecule has 8 nitrogen and oxygen atoms in total. The van der Waals surface area contributed by atoms with Crippen LogP contribution < -0.4 is 14.2 Å². The summed E-state index contributed by atoms with van der Waals surface area (Å²) < 4.78 is 39.5. The lowest BCUT2D eigenvalue weighted by Gasteiger charge is -2.11. The van der Waals surface area contributed by atoms with E-state index in [1.165, 1.54) is 51.4 Å². The molecule has 2 saturated heterocycles. The van der Waals surface area contributed by atoms with E-state index in [1.54, 1.807) is 18.2 Å². The second-order valence-electron chi connectivity index (χ2n) is 14.1. The van der Waals surface area contributed by atoms with Crippen molar-refractivity contribution in [2.45, 2.75) is 122 Å². The highest BCUT2D eigenvalue weighted by Gasteiger charge is 2.39. The van der Waals surface area contributed by atoms with E-state index < -0.39 is 0 Å². The normalized spacial score (nSPS) is 19.6. The summed E-state index contributed by atoms with van der Waals surface area (Å²) in [5.41, 5.74) is 1.43. The van der Waals surface area contributed by atoms with Crippen molar-refractivity contribution < 1.29 is 38.0 Å². The first-order valence-corrected chi connectivity index (χ1v) is 18.5. The molecular formula is C40H60O8. The third-order valence-corrected chi connectivity index (χ3v) is 8.93. The molecule has 2 aliphatic rings. The predicted octanol–water partition coefficient (Wildman–Crippen LogP) is 9.04. The number of esters is 1. The maximum Gasteiger partial charge on any atom is 0.343 e. The quantitative estimate of drug-likeness (QED) is 0.0384. The molecule has 0 aromatic heterocycles. The Balaban J connectivity index is 0.965. The average molecular weight is 669 g/mol. The van der Waals surface area contributed by atoms with Gasteiger partial charge in [-0.1, -0.05) is 57.8 Å². The van der Waals surface area contributed by atoms with Crippen LogP contribution >= 0.6 is 0 Å². The molecule has 2 atom stereocenters. The van der Waals surface area contributed by atoms with Crippen molar-refractivity contribution in [2.24, 2.45) is 0 Å². The first-order chi connectivity index (χ1) is 23.3. The molecule has 0 N–H and O–H groups in total. The molecule has 2 unspecified atom stereocenters. The summed E-state index contributed by atoms with van der Waals surface area (Å²) >= 11 is 0. The molecule has 2 aromatic rings. The zero-order valence-electron chi connectivity index (χ0n) is 29.9. The number of carbonyl (C=O) groups is 1. The van der Waals surface area contributed by atoms with E-state index in [1.807, 2.05) is 31.2 Å². The van der Waals surface area contributed by atoms with Gasteiger partial charge in [-0.2, -0.15) is 0 Å². The monoisotopic (exact) mass is 668 g/mol.